The van der Waals surface area contributed by atoms with Gasteiger partial charge in [0.05, 0.1) is 18.1 Å². The van der Waals surface area contributed by atoms with E-state index < -0.39 is 5.97 Å². The number of aryl methyl sites for hydroxylation is 3. The quantitative estimate of drug-likeness (QED) is 0.929. The fourth-order valence-electron chi connectivity index (χ4n) is 2.56. The number of carboxylic acid groups (broad SMARTS) is 1. The second kappa shape index (κ2) is 4.77. The second-order valence-corrected chi connectivity index (χ2v) is 5.86. The van der Waals surface area contributed by atoms with E-state index in [0.717, 1.165) is 29.7 Å². The summed E-state index contributed by atoms with van der Waals surface area (Å²) < 4.78 is 1.41. The standard InChI is InChI=1S/C13H14N2O3S/c16-10(17)5-6-15-7-14-12-11(13(15)18)8-3-1-2-4-9(8)19-12/h7H,1-6H2,(H,16,17). The van der Waals surface area contributed by atoms with E-state index in [1.54, 1.807) is 11.3 Å². The Labute approximate surface area is 113 Å². The molecule has 3 rings (SSSR count). The number of carbonyl (C=O) groups is 1. The van der Waals surface area contributed by atoms with Crippen molar-refractivity contribution in [1.82, 2.24) is 9.55 Å². The van der Waals surface area contributed by atoms with Crippen molar-refractivity contribution in [2.75, 3.05) is 0 Å². The summed E-state index contributed by atoms with van der Waals surface area (Å²) in [7, 11) is 0. The molecule has 5 nitrogen and oxygen atoms in total. The summed E-state index contributed by atoms with van der Waals surface area (Å²) in [5, 5.41) is 9.41. The summed E-state index contributed by atoms with van der Waals surface area (Å²) in [6, 6.07) is 0. The molecule has 100 valence electrons. The highest BCUT2D eigenvalue weighted by atomic mass is 32.1. The fraction of sp³-hybridized carbons (Fsp3) is 0.462. The van der Waals surface area contributed by atoms with Crippen molar-refractivity contribution < 1.29 is 9.90 Å². The van der Waals surface area contributed by atoms with E-state index in [1.807, 2.05) is 0 Å². The van der Waals surface area contributed by atoms with E-state index in [0.29, 0.717) is 5.39 Å². The van der Waals surface area contributed by atoms with Gasteiger partial charge in [0.2, 0.25) is 0 Å². The van der Waals surface area contributed by atoms with E-state index in [-0.39, 0.29) is 18.5 Å². The molecule has 1 N–H and O–H groups in total. The van der Waals surface area contributed by atoms with E-state index in [2.05, 4.69) is 4.98 Å². The molecule has 0 amide bonds. The molecule has 0 atom stereocenters. The van der Waals surface area contributed by atoms with Gasteiger partial charge < -0.3 is 5.11 Å². The van der Waals surface area contributed by atoms with Crippen LogP contribution in [0.15, 0.2) is 11.1 Å². The van der Waals surface area contributed by atoms with Crippen LogP contribution in [0.1, 0.15) is 29.7 Å². The molecule has 0 aliphatic heterocycles. The molecule has 0 saturated carbocycles. The number of thiophene rings is 1. The van der Waals surface area contributed by atoms with Crippen LogP contribution < -0.4 is 5.56 Å². The molecule has 2 aromatic rings. The minimum atomic E-state index is -0.903. The third-order valence-corrected chi connectivity index (χ3v) is 4.71. The molecule has 6 heteroatoms. The summed E-state index contributed by atoms with van der Waals surface area (Å²) in [5.74, 6) is -0.903. The number of aromatic nitrogens is 2. The summed E-state index contributed by atoms with van der Waals surface area (Å²) in [6.45, 7) is 0.182. The van der Waals surface area contributed by atoms with Crippen LogP contribution in [0.4, 0.5) is 0 Å². The Balaban J connectivity index is 2.10. The first-order chi connectivity index (χ1) is 9.16. The average Bonchev–Trinajstić information content (AvgIpc) is 2.76. The lowest BCUT2D eigenvalue weighted by molar-refractivity contribution is -0.137. The zero-order chi connectivity index (χ0) is 13.4. The average molecular weight is 278 g/mol. The summed E-state index contributed by atoms with van der Waals surface area (Å²) >= 11 is 1.61. The topological polar surface area (TPSA) is 72.2 Å². The lowest BCUT2D eigenvalue weighted by Crippen LogP contribution is -2.22. The maximum Gasteiger partial charge on any atom is 0.305 e. The van der Waals surface area contributed by atoms with Gasteiger partial charge in [-0.3, -0.25) is 14.2 Å². The number of hydrogen-bond donors (Lipinski definition) is 1. The molecule has 0 radical (unpaired) electrons. The lowest BCUT2D eigenvalue weighted by Gasteiger charge is -2.10. The van der Waals surface area contributed by atoms with Gasteiger partial charge in [-0.1, -0.05) is 0 Å². The zero-order valence-corrected chi connectivity index (χ0v) is 11.2. The molecule has 0 fully saturated rings. The second-order valence-electron chi connectivity index (χ2n) is 4.78. The third kappa shape index (κ3) is 2.16. The minimum Gasteiger partial charge on any atom is -0.481 e. The first-order valence-corrected chi connectivity index (χ1v) is 7.20. The molecule has 2 aromatic heterocycles. The van der Waals surface area contributed by atoms with Gasteiger partial charge in [-0.15, -0.1) is 11.3 Å². The Bertz CT molecular complexity index is 702. The van der Waals surface area contributed by atoms with Crippen molar-refractivity contribution in [3.05, 3.63) is 27.1 Å². The minimum absolute atomic E-state index is 0.0561. The number of fused-ring (bicyclic) bond motifs is 3. The highest BCUT2D eigenvalue weighted by molar-refractivity contribution is 7.18. The van der Waals surface area contributed by atoms with Crippen molar-refractivity contribution >= 4 is 27.5 Å². The summed E-state index contributed by atoms with van der Waals surface area (Å²) in [5.41, 5.74) is 1.05. The van der Waals surface area contributed by atoms with Crippen LogP contribution in [0.25, 0.3) is 10.2 Å². The molecule has 0 aromatic carbocycles. The molecule has 0 spiro atoms. The van der Waals surface area contributed by atoms with Gasteiger partial charge in [-0.25, -0.2) is 4.98 Å². The predicted molar refractivity (Wildman–Crippen MR) is 72.8 cm³/mol. The van der Waals surface area contributed by atoms with Crippen LogP contribution in [-0.4, -0.2) is 20.6 Å². The number of aliphatic carboxylic acids is 1. The van der Waals surface area contributed by atoms with Gasteiger partial charge in [0.25, 0.3) is 5.56 Å². The van der Waals surface area contributed by atoms with Gasteiger partial charge in [0.15, 0.2) is 0 Å². The molecular weight excluding hydrogens is 264 g/mol. The molecule has 2 heterocycles. The molecule has 0 unspecified atom stereocenters. The normalized spacial score (nSPS) is 14.5. The van der Waals surface area contributed by atoms with Crippen LogP contribution in [-0.2, 0) is 24.2 Å². The maximum absolute atomic E-state index is 12.4. The van der Waals surface area contributed by atoms with Crippen molar-refractivity contribution in [2.45, 2.75) is 38.6 Å². The van der Waals surface area contributed by atoms with Crippen LogP contribution in [0.5, 0.6) is 0 Å². The van der Waals surface area contributed by atoms with Crippen molar-refractivity contribution in [3.63, 3.8) is 0 Å². The highest BCUT2D eigenvalue weighted by Crippen LogP contribution is 2.33. The van der Waals surface area contributed by atoms with E-state index in [4.69, 9.17) is 5.11 Å². The molecule has 1 aliphatic rings. The Morgan fingerprint density at radius 1 is 1.42 bits per heavy atom. The van der Waals surface area contributed by atoms with Crippen molar-refractivity contribution in [2.24, 2.45) is 0 Å². The van der Waals surface area contributed by atoms with Gasteiger partial charge >= 0.3 is 5.97 Å². The van der Waals surface area contributed by atoms with Crippen LogP contribution in [0.3, 0.4) is 0 Å². The number of nitrogens with zero attached hydrogens (tertiary/aromatic N) is 2. The summed E-state index contributed by atoms with van der Waals surface area (Å²) in [6.07, 6.45) is 5.67. The monoisotopic (exact) mass is 278 g/mol. The number of hydrogen-bond acceptors (Lipinski definition) is 4. The smallest absolute Gasteiger partial charge is 0.305 e. The Morgan fingerprint density at radius 2 is 2.21 bits per heavy atom. The molecule has 19 heavy (non-hydrogen) atoms. The Morgan fingerprint density at radius 3 is 3.00 bits per heavy atom. The number of rotatable bonds is 3. The van der Waals surface area contributed by atoms with E-state index in [1.165, 1.54) is 22.2 Å². The first-order valence-electron chi connectivity index (χ1n) is 6.38. The van der Waals surface area contributed by atoms with Crippen molar-refractivity contribution in [3.8, 4) is 0 Å². The van der Waals surface area contributed by atoms with Gasteiger partial charge in [-0.05, 0) is 31.2 Å². The van der Waals surface area contributed by atoms with E-state index in [9.17, 15) is 9.59 Å². The SMILES string of the molecule is O=C(O)CCn1cnc2sc3c(c2c1=O)CCCC3. The Kier molecular flexibility index (Phi) is 3.10. The van der Waals surface area contributed by atoms with Crippen LogP contribution in [0, 0.1) is 0 Å². The van der Waals surface area contributed by atoms with Crippen LogP contribution >= 0.6 is 11.3 Å². The molecule has 0 saturated heterocycles. The molecule has 1 aliphatic carbocycles. The van der Waals surface area contributed by atoms with Crippen LogP contribution in [0.2, 0.25) is 0 Å². The largest absolute Gasteiger partial charge is 0.481 e. The van der Waals surface area contributed by atoms with E-state index >= 15 is 0 Å². The van der Waals surface area contributed by atoms with Crippen molar-refractivity contribution in [1.29, 1.82) is 0 Å². The third-order valence-electron chi connectivity index (χ3n) is 3.51. The van der Waals surface area contributed by atoms with Gasteiger partial charge in [0, 0.05) is 11.4 Å². The van der Waals surface area contributed by atoms with Gasteiger partial charge in [0.1, 0.15) is 4.83 Å². The molecular formula is C13H14N2O3S. The first kappa shape index (κ1) is 12.3. The lowest BCUT2D eigenvalue weighted by atomic mass is 9.97. The molecule has 0 bridgehead atoms. The Hall–Kier alpha value is -1.69. The zero-order valence-electron chi connectivity index (χ0n) is 10.4. The predicted octanol–water partition coefficient (Wildman–Crippen LogP) is 1.81. The summed E-state index contributed by atoms with van der Waals surface area (Å²) in [4.78, 5) is 29.4. The fourth-order valence-corrected chi connectivity index (χ4v) is 3.78. The maximum atomic E-state index is 12.4. The number of carboxylic acids is 1. The highest BCUT2D eigenvalue weighted by Gasteiger charge is 2.19. The van der Waals surface area contributed by atoms with Gasteiger partial charge in [-0.2, -0.15) is 0 Å².